The van der Waals surface area contributed by atoms with E-state index in [1.807, 2.05) is 0 Å². The van der Waals surface area contributed by atoms with E-state index in [0.717, 1.165) is 43.8 Å². The Morgan fingerprint density at radius 3 is 2.18 bits per heavy atom. The van der Waals surface area contributed by atoms with Crippen molar-refractivity contribution in [3.8, 4) is 5.75 Å². The molecule has 0 aromatic heterocycles. The Kier molecular flexibility index (Phi) is 12.8. The summed E-state index contributed by atoms with van der Waals surface area (Å²) in [5, 5.41) is 86.8. The van der Waals surface area contributed by atoms with Crippen molar-refractivity contribution in [2.24, 2.45) is 50.2 Å². The van der Waals surface area contributed by atoms with Crippen molar-refractivity contribution < 1.29 is 74.1 Å². The molecule has 0 amide bonds. The molecule has 4 saturated carbocycles. The highest BCUT2D eigenvalue weighted by molar-refractivity contribution is 5.87. The summed E-state index contributed by atoms with van der Waals surface area (Å²) >= 11 is 0. The quantitative estimate of drug-likeness (QED) is 0.105. The molecule has 5 aliphatic carbocycles. The van der Waals surface area contributed by atoms with E-state index < -0.39 is 103 Å². The molecule has 362 valence electrons. The summed E-state index contributed by atoms with van der Waals surface area (Å²) in [4.78, 5) is 28.9. The lowest BCUT2D eigenvalue weighted by molar-refractivity contribution is -0.347. The van der Waals surface area contributed by atoms with E-state index >= 15 is 4.79 Å². The summed E-state index contributed by atoms with van der Waals surface area (Å²) in [6.45, 7) is 14.7. The van der Waals surface area contributed by atoms with Crippen LogP contribution in [-0.2, 0) is 33.3 Å². The number of benzene rings is 1. The molecule has 1 aromatic rings. The fourth-order valence-electron chi connectivity index (χ4n) is 14.3. The number of esters is 2. The number of aliphatic hydroxyl groups excluding tert-OH is 7. The summed E-state index contributed by atoms with van der Waals surface area (Å²) in [7, 11) is 0. The highest BCUT2D eigenvalue weighted by Gasteiger charge is 2.72. The number of allylic oxidation sites excluding steroid dienone is 2. The smallest absolute Gasteiger partial charge is 0.331 e. The Labute approximate surface area is 381 Å². The first-order valence-electron chi connectivity index (χ1n) is 23.6. The molecular weight excluding hydrogens is 841 g/mol. The van der Waals surface area contributed by atoms with Crippen molar-refractivity contribution in [2.75, 3.05) is 13.2 Å². The number of aliphatic hydroxyl groups is 7. The number of carbonyl (C=O) groups is 2. The second kappa shape index (κ2) is 17.2. The Morgan fingerprint density at radius 1 is 0.785 bits per heavy atom. The van der Waals surface area contributed by atoms with Crippen LogP contribution >= 0.6 is 0 Å². The molecule has 7 aliphatic rings. The van der Waals surface area contributed by atoms with E-state index in [1.165, 1.54) is 18.2 Å². The monoisotopic (exact) mass is 912 g/mol. The number of hydrogen-bond acceptors (Lipinski definition) is 15. The zero-order valence-electron chi connectivity index (χ0n) is 38.8. The van der Waals surface area contributed by atoms with Gasteiger partial charge in [0.15, 0.2) is 12.4 Å². The van der Waals surface area contributed by atoms with E-state index in [9.17, 15) is 45.6 Å². The largest absolute Gasteiger partial charge is 0.508 e. The van der Waals surface area contributed by atoms with E-state index in [1.54, 1.807) is 12.1 Å². The number of hydrogen-bond donors (Lipinski definition) is 8. The lowest BCUT2D eigenvalue weighted by atomic mass is 9.33. The van der Waals surface area contributed by atoms with Crippen molar-refractivity contribution in [3.05, 3.63) is 47.6 Å². The average Bonchev–Trinajstić information content (AvgIpc) is 3.24. The fourth-order valence-corrected chi connectivity index (χ4v) is 14.3. The molecule has 2 aliphatic heterocycles. The summed E-state index contributed by atoms with van der Waals surface area (Å²) in [6.07, 6.45) is -5.45. The van der Waals surface area contributed by atoms with Crippen LogP contribution in [0.5, 0.6) is 5.75 Å². The van der Waals surface area contributed by atoms with Gasteiger partial charge in [0.05, 0.1) is 25.4 Å². The molecule has 0 radical (unpaired) electrons. The van der Waals surface area contributed by atoms with Gasteiger partial charge in [-0.1, -0.05) is 72.2 Å². The van der Waals surface area contributed by atoms with Crippen LogP contribution in [0.3, 0.4) is 0 Å². The molecule has 18 atom stereocenters. The number of rotatable bonds is 8. The summed E-state index contributed by atoms with van der Waals surface area (Å²) in [6, 6.07) is 6.01. The standard InChI is InChI=1S/C50H72O15/c1-45(2)20-21-50(29(22-45)28-13-14-33-47(5)18-17-34(54)46(3,4)32(47)16-19-48(33,6)49(28,7)23-35(50)55)44(60)65-43-41(63-36(56)15-10-26-8-11-27(52)12-9-26)40(30(53)25-61-43)64-42-39(59)38(58)37(57)31(24-51)62-42/h8-13,15,29-35,37-43,51-55,57-59H,14,16-25H2,1-7H3/b15-10+/t29-,30-,31+,32-,33+,34-,35+,37+,38-,39+,40-,41+,42-,43-,47-,48+,49+,50+/m0/s1. The van der Waals surface area contributed by atoms with Crippen molar-refractivity contribution in [1.82, 2.24) is 0 Å². The van der Waals surface area contributed by atoms with Crippen molar-refractivity contribution >= 4 is 18.0 Å². The third-order valence-corrected chi connectivity index (χ3v) is 18.4. The number of carbonyl (C=O) groups excluding carboxylic acids is 2. The first kappa shape index (κ1) is 48.5. The average molecular weight is 913 g/mol. The topological polar surface area (TPSA) is 242 Å². The number of phenolic OH excluding ortho intramolecular Hbond substituents is 1. The molecule has 1 aromatic carbocycles. The second-order valence-corrected chi connectivity index (χ2v) is 22.7. The van der Waals surface area contributed by atoms with Crippen LogP contribution < -0.4 is 0 Å². The van der Waals surface area contributed by atoms with Gasteiger partial charge in [-0.05, 0) is 126 Å². The molecule has 15 nitrogen and oxygen atoms in total. The van der Waals surface area contributed by atoms with Gasteiger partial charge >= 0.3 is 11.9 Å². The molecule has 15 heteroatoms. The van der Waals surface area contributed by atoms with Crippen LogP contribution in [-0.4, -0.2) is 134 Å². The number of fused-ring (bicyclic) bond motifs is 7. The van der Waals surface area contributed by atoms with Crippen molar-refractivity contribution in [2.45, 2.75) is 174 Å². The van der Waals surface area contributed by atoms with E-state index in [0.29, 0.717) is 43.1 Å². The van der Waals surface area contributed by atoms with Crippen LogP contribution in [0.1, 0.15) is 112 Å². The van der Waals surface area contributed by atoms with E-state index in [2.05, 4.69) is 54.5 Å². The molecule has 0 unspecified atom stereocenters. The Balaban J connectivity index is 1.12. The minimum absolute atomic E-state index is 0.0246. The maximum absolute atomic E-state index is 15.3. The molecule has 2 heterocycles. The summed E-state index contributed by atoms with van der Waals surface area (Å²) in [5.41, 5.74) is -0.849. The predicted molar refractivity (Wildman–Crippen MR) is 234 cm³/mol. The minimum atomic E-state index is -1.87. The summed E-state index contributed by atoms with van der Waals surface area (Å²) < 4.78 is 29.8. The molecule has 65 heavy (non-hydrogen) atoms. The molecule has 0 bridgehead atoms. The zero-order valence-corrected chi connectivity index (χ0v) is 38.8. The second-order valence-electron chi connectivity index (χ2n) is 22.7. The number of aromatic hydroxyl groups is 1. The van der Waals surface area contributed by atoms with Gasteiger partial charge < -0.3 is 64.5 Å². The number of phenols is 1. The Morgan fingerprint density at radius 2 is 1.49 bits per heavy atom. The highest BCUT2D eigenvalue weighted by Crippen LogP contribution is 2.76. The SMILES string of the molecule is CC1(C)CC[C@]2(C(=O)O[C@@H]3OC[C@H](O)[C@H](O[C@@H]4O[C@H](CO)[C@@H](O)[C@H](O)[C@H]4O)[C@H]3OC(=O)/C=C/c3ccc(O)cc3)[C@H](O)C[C@]3(C)C(=CC[C@@H]4[C@@]5(C)CC[C@H](O)C(C)(C)[C@@H]5CC[C@]43C)[C@@H]2C1. The van der Waals surface area contributed by atoms with Gasteiger partial charge in [-0.2, -0.15) is 0 Å². The lowest BCUT2D eigenvalue weighted by Crippen LogP contribution is -2.68. The van der Waals surface area contributed by atoms with Gasteiger partial charge in [0.2, 0.25) is 6.29 Å². The maximum Gasteiger partial charge on any atom is 0.331 e. The normalized spacial score (nSPS) is 46.7. The van der Waals surface area contributed by atoms with Gasteiger partial charge in [-0.3, -0.25) is 4.79 Å². The minimum Gasteiger partial charge on any atom is -0.508 e. The van der Waals surface area contributed by atoms with E-state index in [4.69, 9.17) is 23.7 Å². The zero-order chi connectivity index (χ0) is 47.2. The van der Waals surface area contributed by atoms with Crippen LogP contribution in [0, 0.1) is 50.2 Å². The van der Waals surface area contributed by atoms with E-state index in [-0.39, 0.29) is 33.5 Å². The first-order chi connectivity index (χ1) is 30.4. The Bertz CT molecular complexity index is 2000. The third-order valence-electron chi connectivity index (χ3n) is 18.4. The fraction of sp³-hybridized carbons (Fsp3) is 0.760. The summed E-state index contributed by atoms with van der Waals surface area (Å²) in [5.74, 6) is -1.46. The third kappa shape index (κ3) is 7.91. The first-order valence-corrected chi connectivity index (χ1v) is 23.6. The lowest BCUT2D eigenvalue weighted by Gasteiger charge is -2.71. The van der Waals surface area contributed by atoms with Crippen LogP contribution in [0.2, 0.25) is 0 Å². The predicted octanol–water partition coefficient (Wildman–Crippen LogP) is 3.90. The van der Waals surface area contributed by atoms with Crippen LogP contribution in [0.4, 0.5) is 0 Å². The van der Waals surface area contributed by atoms with Crippen molar-refractivity contribution in [3.63, 3.8) is 0 Å². The molecule has 0 spiro atoms. The van der Waals surface area contributed by atoms with Gasteiger partial charge in [0.1, 0.15) is 47.8 Å². The van der Waals surface area contributed by atoms with Crippen LogP contribution in [0.15, 0.2) is 42.0 Å². The molecule has 8 N–H and O–H groups in total. The van der Waals surface area contributed by atoms with Gasteiger partial charge in [-0.15, -0.1) is 0 Å². The van der Waals surface area contributed by atoms with Gasteiger partial charge in [0.25, 0.3) is 0 Å². The van der Waals surface area contributed by atoms with Gasteiger partial charge in [-0.25, -0.2) is 4.79 Å². The highest BCUT2D eigenvalue weighted by atomic mass is 16.8. The molecular formula is C50H72O15. The number of ether oxygens (including phenoxy) is 5. The van der Waals surface area contributed by atoms with Crippen LogP contribution in [0.25, 0.3) is 6.08 Å². The molecule has 8 rings (SSSR count). The maximum atomic E-state index is 15.3. The van der Waals surface area contributed by atoms with Crippen molar-refractivity contribution in [1.29, 1.82) is 0 Å². The van der Waals surface area contributed by atoms with Gasteiger partial charge in [0, 0.05) is 6.08 Å². The Hall–Kier alpha value is -2.96. The molecule has 2 saturated heterocycles. The molecule has 6 fully saturated rings.